The van der Waals surface area contributed by atoms with Gasteiger partial charge < -0.3 is 20.1 Å². The summed E-state index contributed by atoms with van der Waals surface area (Å²) in [5, 5.41) is 16.1. The molecule has 4 saturated heterocycles. The second-order valence-electron chi connectivity index (χ2n) is 9.66. The van der Waals surface area contributed by atoms with Gasteiger partial charge in [0.05, 0.1) is 25.6 Å². The van der Waals surface area contributed by atoms with Gasteiger partial charge in [-0.25, -0.2) is 4.39 Å². The van der Waals surface area contributed by atoms with Crippen LogP contribution in [-0.2, 0) is 11.2 Å². The first-order chi connectivity index (χ1) is 13.5. The van der Waals surface area contributed by atoms with Gasteiger partial charge in [-0.05, 0) is 43.4 Å². The summed E-state index contributed by atoms with van der Waals surface area (Å²) in [6.45, 7) is 4.90. The van der Waals surface area contributed by atoms with Crippen LogP contribution in [0.15, 0.2) is 24.3 Å². The van der Waals surface area contributed by atoms with Crippen molar-refractivity contribution in [2.24, 2.45) is 23.7 Å². The fourth-order valence-electron chi connectivity index (χ4n) is 6.52. The Labute approximate surface area is 166 Å². The Morgan fingerprint density at radius 1 is 1.18 bits per heavy atom. The van der Waals surface area contributed by atoms with E-state index in [9.17, 15) is 14.4 Å². The Hall–Kier alpha value is -1.50. The summed E-state index contributed by atoms with van der Waals surface area (Å²) in [5.74, 6) is 1.20. The lowest BCUT2D eigenvalue weighted by molar-refractivity contribution is -0.911. The van der Waals surface area contributed by atoms with Crippen molar-refractivity contribution >= 4 is 5.91 Å². The number of likely N-dealkylation sites (tertiary alicyclic amines) is 1. The standard InChI is InChI=1S/C22H30FN3O2/c23-19-3-1-15(2-4-19)5-7-25-8-6-20(11-25)24-22(27)21-17-9-16-10-18(21)14-26(28,12-16)13-17/h1-4,16-18,20-21H,5-14H2,(H,24,27). The number of halogens is 1. The Morgan fingerprint density at radius 3 is 2.57 bits per heavy atom. The van der Waals surface area contributed by atoms with Crippen LogP contribution in [0, 0.1) is 34.7 Å². The number of hydrogen-bond acceptors (Lipinski definition) is 3. The minimum Gasteiger partial charge on any atom is -0.633 e. The van der Waals surface area contributed by atoms with E-state index < -0.39 is 0 Å². The summed E-state index contributed by atoms with van der Waals surface area (Å²) in [4.78, 5) is 15.4. The third-order valence-corrected chi connectivity index (χ3v) is 7.56. The first-order valence-corrected chi connectivity index (χ1v) is 10.8. The van der Waals surface area contributed by atoms with Gasteiger partial charge in [0.1, 0.15) is 5.82 Å². The second-order valence-corrected chi connectivity index (χ2v) is 9.66. The molecule has 3 atom stereocenters. The highest BCUT2D eigenvalue weighted by molar-refractivity contribution is 5.80. The molecule has 5 fully saturated rings. The number of carbonyl (C=O) groups is 1. The molecule has 4 bridgehead atoms. The average molecular weight is 387 g/mol. The van der Waals surface area contributed by atoms with Crippen molar-refractivity contribution in [3.8, 4) is 0 Å². The van der Waals surface area contributed by atoms with E-state index >= 15 is 0 Å². The van der Waals surface area contributed by atoms with Crippen molar-refractivity contribution in [1.82, 2.24) is 10.2 Å². The SMILES string of the molecule is O=C(NC1CCN(CCc2ccc(F)cc2)C1)C1C2CC3CC1C[N+]([O-])(C3)C2. The van der Waals surface area contributed by atoms with E-state index in [0.29, 0.717) is 30.8 Å². The van der Waals surface area contributed by atoms with Crippen molar-refractivity contribution < 1.29 is 13.8 Å². The van der Waals surface area contributed by atoms with Gasteiger partial charge in [-0.15, -0.1) is 0 Å². The first-order valence-electron chi connectivity index (χ1n) is 10.8. The van der Waals surface area contributed by atoms with Gasteiger partial charge in [0.15, 0.2) is 0 Å². The zero-order chi connectivity index (χ0) is 19.3. The van der Waals surface area contributed by atoms with E-state index in [1.165, 1.54) is 12.1 Å². The second kappa shape index (κ2) is 7.08. The van der Waals surface area contributed by atoms with Gasteiger partial charge >= 0.3 is 0 Å². The summed E-state index contributed by atoms with van der Waals surface area (Å²) >= 11 is 0. The molecule has 28 heavy (non-hydrogen) atoms. The largest absolute Gasteiger partial charge is 0.633 e. The van der Waals surface area contributed by atoms with Crippen LogP contribution in [-0.4, -0.2) is 60.8 Å². The molecule has 0 spiro atoms. The van der Waals surface area contributed by atoms with E-state index in [2.05, 4.69) is 10.2 Å². The molecule has 4 aliphatic heterocycles. The normalized spacial score (nSPS) is 39.4. The fourth-order valence-corrected chi connectivity index (χ4v) is 6.52. The molecule has 152 valence electrons. The molecular formula is C22H30FN3O2. The number of rotatable bonds is 5. The molecule has 1 amide bonds. The first kappa shape index (κ1) is 18.5. The van der Waals surface area contributed by atoms with Crippen molar-refractivity contribution in [3.63, 3.8) is 0 Å². The van der Waals surface area contributed by atoms with E-state index in [1.807, 2.05) is 12.1 Å². The Balaban J connectivity index is 1.12. The summed E-state index contributed by atoms with van der Waals surface area (Å²) in [6.07, 6.45) is 4.04. The van der Waals surface area contributed by atoms with E-state index in [-0.39, 0.29) is 28.3 Å². The van der Waals surface area contributed by atoms with Gasteiger partial charge in [0.25, 0.3) is 0 Å². The molecule has 0 radical (unpaired) electrons. The molecule has 1 aromatic rings. The van der Waals surface area contributed by atoms with E-state index in [4.69, 9.17) is 0 Å². The topological polar surface area (TPSA) is 55.4 Å². The minimum absolute atomic E-state index is 0.0373. The summed E-state index contributed by atoms with van der Waals surface area (Å²) < 4.78 is 13.0. The number of hydrogen-bond donors (Lipinski definition) is 1. The monoisotopic (exact) mass is 387 g/mol. The van der Waals surface area contributed by atoms with Crippen LogP contribution >= 0.6 is 0 Å². The summed E-state index contributed by atoms with van der Waals surface area (Å²) in [5.41, 5.74) is 1.15. The van der Waals surface area contributed by atoms with E-state index in [1.54, 1.807) is 0 Å². The van der Waals surface area contributed by atoms with Crippen molar-refractivity contribution in [3.05, 3.63) is 40.9 Å². The van der Waals surface area contributed by atoms with Gasteiger partial charge in [-0.3, -0.25) is 4.79 Å². The fraction of sp³-hybridized carbons (Fsp3) is 0.682. The molecule has 0 aromatic heterocycles. The Kier molecular flexibility index (Phi) is 4.68. The predicted molar refractivity (Wildman–Crippen MR) is 105 cm³/mol. The quantitative estimate of drug-likeness (QED) is 0.622. The van der Waals surface area contributed by atoms with Crippen LogP contribution in [0.5, 0.6) is 0 Å². The molecule has 3 unspecified atom stereocenters. The third kappa shape index (κ3) is 3.58. The molecule has 5 aliphatic rings. The third-order valence-electron chi connectivity index (χ3n) is 7.56. The number of piperidine rings is 3. The van der Waals surface area contributed by atoms with Crippen LogP contribution in [0.3, 0.4) is 0 Å². The van der Waals surface area contributed by atoms with Crippen molar-refractivity contribution in [2.75, 3.05) is 39.3 Å². The maximum absolute atomic E-state index is 13.0. The molecule has 4 heterocycles. The van der Waals surface area contributed by atoms with Gasteiger partial charge in [-0.1, -0.05) is 12.1 Å². The maximum atomic E-state index is 13.0. The van der Waals surface area contributed by atoms with Crippen LogP contribution in [0.25, 0.3) is 0 Å². The van der Waals surface area contributed by atoms with Crippen molar-refractivity contribution in [2.45, 2.75) is 31.7 Å². The van der Waals surface area contributed by atoms with E-state index in [0.717, 1.165) is 57.4 Å². The van der Waals surface area contributed by atoms with Crippen molar-refractivity contribution in [1.29, 1.82) is 0 Å². The lowest BCUT2D eigenvalue weighted by Crippen LogP contribution is -2.68. The Morgan fingerprint density at radius 2 is 1.89 bits per heavy atom. The highest BCUT2D eigenvalue weighted by Gasteiger charge is 2.55. The summed E-state index contributed by atoms with van der Waals surface area (Å²) in [7, 11) is 0. The summed E-state index contributed by atoms with van der Waals surface area (Å²) in [6, 6.07) is 6.93. The maximum Gasteiger partial charge on any atom is 0.224 e. The molecule has 6 heteroatoms. The highest BCUT2D eigenvalue weighted by atomic mass is 19.1. The number of carbonyl (C=O) groups excluding carboxylic acids is 1. The van der Waals surface area contributed by atoms with Gasteiger partial charge in [-0.2, -0.15) is 0 Å². The van der Waals surface area contributed by atoms with Gasteiger partial charge in [0.2, 0.25) is 5.91 Å². The molecular weight excluding hydrogens is 357 g/mol. The van der Waals surface area contributed by atoms with Crippen LogP contribution in [0.2, 0.25) is 0 Å². The Bertz CT molecular complexity index is 724. The van der Waals surface area contributed by atoms with Crippen LogP contribution < -0.4 is 5.32 Å². The number of hydroxylamine groups is 3. The molecule has 1 N–H and O–H groups in total. The number of nitrogens with one attached hydrogen (secondary N) is 1. The number of amides is 1. The number of quaternary nitrogens is 1. The molecule has 1 aromatic carbocycles. The lowest BCUT2D eigenvalue weighted by Gasteiger charge is -2.62. The molecule has 5 nitrogen and oxygen atoms in total. The zero-order valence-corrected chi connectivity index (χ0v) is 16.4. The smallest absolute Gasteiger partial charge is 0.224 e. The molecule has 1 saturated carbocycles. The lowest BCUT2D eigenvalue weighted by atomic mass is 9.61. The number of benzene rings is 1. The average Bonchev–Trinajstić information content (AvgIpc) is 3.07. The van der Waals surface area contributed by atoms with Gasteiger partial charge in [0, 0.05) is 43.4 Å². The predicted octanol–water partition coefficient (Wildman–Crippen LogP) is 2.16. The van der Waals surface area contributed by atoms with Crippen LogP contribution in [0.1, 0.15) is 24.8 Å². The zero-order valence-electron chi connectivity index (χ0n) is 16.4. The minimum atomic E-state index is -0.195. The number of nitrogens with zero attached hydrogens (tertiary/aromatic N) is 2. The molecule has 6 rings (SSSR count). The van der Waals surface area contributed by atoms with Crippen LogP contribution in [0.4, 0.5) is 4.39 Å². The highest BCUT2D eigenvalue weighted by Crippen LogP contribution is 2.50. The molecule has 1 aliphatic carbocycles.